The zero-order valence-electron chi connectivity index (χ0n) is 13.0. The van der Waals surface area contributed by atoms with Gasteiger partial charge in [-0.1, -0.05) is 19.8 Å². The normalized spacial score (nSPS) is 27.3. The maximum atomic E-state index is 11.7. The summed E-state index contributed by atoms with van der Waals surface area (Å²) < 4.78 is 7.03. The van der Waals surface area contributed by atoms with Gasteiger partial charge in [0.1, 0.15) is 0 Å². The summed E-state index contributed by atoms with van der Waals surface area (Å²) in [4.78, 5) is 14.0. The second-order valence-electron chi connectivity index (χ2n) is 6.53. The summed E-state index contributed by atoms with van der Waals surface area (Å²) in [7, 11) is 1.47. The lowest BCUT2D eigenvalue weighted by molar-refractivity contribution is -0.146. The van der Waals surface area contributed by atoms with Crippen molar-refractivity contribution in [2.24, 2.45) is 11.8 Å². The highest BCUT2D eigenvalue weighted by atomic mass is 16.5. The summed E-state index contributed by atoms with van der Waals surface area (Å²) in [5.41, 5.74) is 1.11. The van der Waals surface area contributed by atoms with E-state index in [2.05, 4.69) is 28.8 Å². The first-order chi connectivity index (χ1) is 10.2. The third-order valence-corrected chi connectivity index (χ3v) is 4.94. The van der Waals surface area contributed by atoms with Crippen LogP contribution in [0.15, 0.2) is 12.3 Å². The van der Waals surface area contributed by atoms with E-state index < -0.39 is 0 Å². The average molecular weight is 291 g/mol. The minimum absolute atomic E-state index is 0.00641. The Morgan fingerprint density at radius 1 is 1.38 bits per heavy atom. The van der Waals surface area contributed by atoms with Crippen molar-refractivity contribution < 1.29 is 9.53 Å². The van der Waals surface area contributed by atoms with Crippen LogP contribution in [-0.2, 0) is 16.1 Å². The van der Waals surface area contributed by atoms with Crippen LogP contribution in [0.5, 0.6) is 0 Å². The highest BCUT2D eigenvalue weighted by Crippen LogP contribution is 2.29. The van der Waals surface area contributed by atoms with E-state index in [0.29, 0.717) is 12.0 Å². The van der Waals surface area contributed by atoms with Crippen molar-refractivity contribution >= 4 is 5.97 Å². The molecule has 1 aliphatic heterocycles. The van der Waals surface area contributed by atoms with Crippen LogP contribution in [0.3, 0.4) is 0 Å². The van der Waals surface area contributed by atoms with E-state index in [4.69, 9.17) is 9.84 Å². The van der Waals surface area contributed by atoms with E-state index in [1.807, 2.05) is 0 Å². The van der Waals surface area contributed by atoms with Gasteiger partial charge in [-0.25, -0.2) is 0 Å². The number of likely N-dealkylation sites (tertiary alicyclic amines) is 1. The fourth-order valence-corrected chi connectivity index (χ4v) is 3.72. The molecule has 0 amide bonds. The molecular weight excluding hydrogens is 266 g/mol. The molecule has 1 saturated heterocycles. The van der Waals surface area contributed by atoms with Crippen LogP contribution < -0.4 is 0 Å². The first-order valence-corrected chi connectivity index (χ1v) is 8.01. The lowest BCUT2D eigenvalue weighted by Crippen LogP contribution is -2.24. The summed E-state index contributed by atoms with van der Waals surface area (Å²) in [6, 6.07) is 2.72. The molecule has 2 heterocycles. The number of carbonyl (C=O) groups is 1. The number of carbonyl (C=O) groups excluding carboxylic acids is 1. The van der Waals surface area contributed by atoms with Crippen LogP contribution in [0.4, 0.5) is 0 Å². The number of nitrogens with zero attached hydrogens (tertiary/aromatic N) is 3. The minimum atomic E-state index is -0.0820. The number of methoxy groups -OCH3 is 1. The minimum Gasteiger partial charge on any atom is -0.469 e. The fourth-order valence-electron chi connectivity index (χ4n) is 3.72. The van der Waals surface area contributed by atoms with E-state index in [-0.39, 0.29) is 11.9 Å². The lowest BCUT2D eigenvalue weighted by atomic mass is 9.99. The Morgan fingerprint density at radius 3 is 2.86 bits per heavy atom. The van der Waals surface area contributed by atoms with Crippen molar-refractivity contribution in [3.8, 4) is 0 Å². The van der Waals surface area contributed by atoms with Crippen LogP contribution in [0.25, 0.3) is 0 Å². The first-order valence-electron chi connectivity index (χ1n) is 8.01. The van der Waals surface area contributed by atoms with Gasteiger partial charge in [-0.3, -0.25) is 14.4 Å². The highest BCUT2D eigenvalue weighted by molar-refractivity contribution is 5.73. The molecule has 2 fully saturated rings. The van der Waals surface area contributed by atoms with Gasteiger partial charge < -0.3 is 4.74 Å². The van der Waals surface area contributed by atoms with Gasteiger partial charge in [0.2, 0.25) is 0 Å². The Bertz CT molecular complexity index is 493. The Hall–Kier alpha value is -1.36. The Balaban J connectivity index is 1.58. The Kier molecular flexibility index (Phi) is 4.29. The maximum Gasteiger partial charge on any atom is 0.310 e. The summed E-state index contributed by atoms with van der Waals surface area (Å²) in [6.45, 7) is 4.68. The number of esters is 1. The smallest absolute Gasteiger partial charge is 0.310 e. The van der Waals surface area contributed by atoms with Gasteiger partial charge in [0.15, 0.2) is 0 Å². The van der Waals surface area contributed by atoms with E-state index in [1.165, 1.54) is 32.8 Å². The molecule has 1 aromatic heterocycles. The van der Waals surface area contributed by atoms with Crippen LogP contribution in [0, 0.1) is 11.8 Å². The molecule has 116 valence electrons. The zero-order chi connectivity index (χ0) is 14.8. The van der Waals surface area contributed by atoms with Crippen molar-refractivity contribution in [1.29, 1.82) is 0 Å². The highest BCUT2D eigenvalue weighted by Gasteiger charge is 2.35. The van der Waals surface area contributed by atoms with Crippen molar-refractivity contribution in [1.82, 2.24) is 14.7 Å². The molecule has 0 aromatic carbocycles. The number of hydrogen-bond donors (Lipinski definition) is 0. The quantitative estimate of drug-likeness (QED) is 0.798. The van der Waals surface area contributed by atoms with Gasteiger partial charge in [-0.15, -0.1) is 0 Å². The third kappa shape index (κ3) is 3.12. The summed E-state index contributed by atoms with van der Waals surface area (Å²) in [5.74, 6) is 0.280. The largest absolute Gasteiger partial charge is 0.469 e. The monoisotopic (exact) mass is 291 g/mol. The predicted molar refractivity (Wildman–Crippen MR) is 79.7 cm³/mol. The van der Waals surface area contributed by atoms with Gasteiger partial charge in [-0.2, -0.15) is 5.10 Å². The second-order valence-corrected chi connectivity index (χ2v) is 6.53. The molecule has 1 aliphatic carbocycles. The number of ether oxygens (including phenoxy) is 1. The molecule has 1 saturated carbocycles. The SMILES string of the molecule is COC(=O)C1CN(Cc2ccn(C3CCCC3)n2)CC1C. The molecule has 0 radical (unpaired) electrons. The fraction of sp³-hybridized carbons (Fsp3) is 0.750. The van der Waals surface area contributed by atoms with Crippen LogP contribution in [0.1, 0.15) is 44.3 Å². The molecule has 0 spiro atoms. The van der Waals surface area contributed by atoms with Gasteiger partial charge in [-0.05, 0) is 24.8 Å². The van der Waals surface area contributed by atoms with Crippen molar-refractivity contribution in [2.45, 2.75) is 45.2 Å². The van der Waals surface area contributed by atoms with E-state index in [1.54, 1.807) is 0 Å². The molecule has 3 rings (SSSR count). The number of aromatic nitrogens is 2. The molecule has 2 aliphatic rings. The van der Waals surface area contributed by atoms with Crippen molar-refractivity contribution in [3.05, 3.63) is 18.0 Å². The summed E-state index contributed by atoms with van der Waals surface area (Å²) >= 11 is 0. The molecule has 0 bridgehead atoms. The van der Waals surface area contributed by atoms with Gasteiger partial charge in [0.25, 0.3) is 0 Å². The molecule has 5 heteroatoms. The van der Waals surface area contributed by atoms with Gasteiger partial charge in [0, 0.05) is 25.8 Å². The molecule has 0 N–H and O–H groups in total. The molecule has 2 unspecified atom stereocenters. The lowest BCUT2D eigenvalue weighted by Gasteiger charge is -2.14. The topological polar surface area (TPSA) is 47.4 Å². The van der Waals surface area contributed by atoms with Crippen LogP contribution >= 0.6 is 0 Å². The second kappa shape index (κ2) is 6.18. The Morgan fingerprint density at radius 2 is 2.14 bits per heavy atom. The summed E-state index contributed by atoms with van der Waals surface area (Å²) in [5, 5.41) is 4.73. The standard InChI is InChI=1S/C16H25N3O2/c1-12-9-18(11-15(12)16(20)21-2)10-13-7-8-19(17-13)14-5-3-4-6-14/h7-8,12,14-15H,3-6,9-11H2,1-2H3. The zero-order valence-corrected chi connectivity index (χ0v) is 13.0. The molecule has 5 nitrogen and oxygen atoms in total. The van der Waals surface area contributed by atoms with E-state index in [9.17, 15) is 4.79 Å². The number of rotatable bonds is 4. The number of hydrogen-bond acceptors (Lipinski definition) is 4. The van der Waals surface area contributed by atoms with Crippen LogP contribution in [-0.4, -0.2) is 40.8 Å². The first kappa shape index (κ1) is 14.6. The maximum absolute atomic E-state index is 11.7. The van der Waals surface area contributed by atoms with Crippen molar-refractivity contribution in [2.75, 3.05) is 20.2 Å². The van der Waals surface area contributed by atoms with E-state index in [0.717, 1.165) is 25.3 Å². The Labute approximate surface area is 126 Å². The third-order valence-electron chi connectivity index (χ3n) is 4.94. The summed E-state index contributed by atoms with van der Waals surface area (Å²) in [6.07, 6.45) is 7.27. The average Bonchev–Trinajstić information content (AvgIpc) is 3.18. The van der Waals surface area contributed by atoms with Gasteiger partial charge >= 0.3 is 5.97 Å². The van der Waals surface area contributed by atoms with Crippen LogP contribution in [0.2, 0.25) is 0 Å². The molecule has 1 aromatic rings. The van der Waals surface area contributed by atoms with E-state index >= 15 is 0 Å². The molecule has 2 atom stereocenters. The molecular formula is C16H25N3O2. The molecule has 21 heavy (non-hydrogen) atoms. The van der Waals surface area contributed by atoms with Crippen molar-refractivity contribution in [3.63, 3.8) is 0 Å². The van der Waals surface area contributed by atoms with Gasteiger partial charge in [0.05, 0.1) is 24.8 Å². The predicted octanol–water partition coefficient (Wildman–Crippen LogP) is 2.24.